The molecule has 76 valence electrons. The fourth-order valence-corrected chi connectivity index (χ4v) is 3.13. The van der Waals surface area contributed by atoms with Gasteiger partial charge in [0.25, 0.3) is 0 Å². The summed E-state index contributed by atoms with van der Waals surface area (Å²) in [6.45, 7) is 1.83. The molecule has 0 saturated heterocycles. The van der Waals surface area contributed by atoms with Crippen LogP contribution in [0.5, 0.6) is 0 Å². The second kappa shape index (κ2) is 5.89. The van der Waals surface area contributed by atoms with E-state index < -0.39 is 0 Å². The summed E-state index contributed by atoms with van der Waals surface area (Å²) in [7, 11) is 0. The molecular formula is C9H10Br2N2S. The number of rotatable bonds is 3. The van der Waals surface area contributed by atoms with E-state index in [0.717, 1.165) is 14.7 Å². The summed E-state index contributed by atoms with van der Waals surface area (Å²) in [5.41, 5.74) is 2.76. The highest BCUT2D eigenvalue weighted by Crippen LogP contribution is 2.35. The van der Waals surface area contributed by atoms with Gasteiger partial charge < -0.3 is 0 Å². The Morgan fingerprint density at radius 3 is 2.79 bits per heavy atom. The predicted octanol–water partition coefficient (Wildman–Crippen LogP) is 3.19. The van der Waals surface area contributed by atoms with E-state index in [2.05, 4.69) is 55.2 Å². The minimum Gasteiger partial charge on any atom is -0.271 e. The first-order chi connectivity index (χ1) is 6.69. The lowest BCUT2D eigenvalue weighted by molar-refractivity contribution is 0.577. The molecule has 0 aliphatic rings. The molecule has 0 aliphatic carbocycles. The van der Waals surface area contributed by atoms with E-state index in [1.807, 2.05) is 6.92 Å². The van der Waals surface area contributed by atoms with Gasteiger partial charge in [0.1, 0.15) is 0 Å². The van der Waals surface area contributed by atoms with Gasteiger partial charge in [-0.15, -0.1) is 23.2 Å². The molecule has 0 amide bonds. The summed E-state index contributed by atoms with van der Waals surface area (Å²) in [6.07, 6.45) is 0.729. The summed E-state index contributed by atoms with van der Waals surface area (Å²) < 4.78 is 2.14. The third kappa shape index (κ3) is 3.07. The summed E-state index contributed by atoms with van der Waals surface area (Å²) in [4.78, 5) is 1.18. The van der Waals surface area contributed by atoms with Crippen molar-refractivity contribution in [2.75, 3.05) is 0 Å². The zero-order chi connectivity index (χ0) is 10.6. The summed E-state index contributed by atoms with van der Waals surface area (Å²) in [5.74, 6) is 11.3. The van der Waals surface area contributed by atoms with Crippen molar-refractivity contribution in [2.45, 2.75) is 19.4 Å². The molecule has 0 spiro atoms. The van der Waals surface area contributed by atoms with Gasteiger partial charge in [0.15, 0.2) is 0 Å². The van der Waals surface area contributed by atoms with Crippen LogP contribution in [0.3, 0.4) is 0 Å². The van der Waals surface area contributed by atoms with Crippen molar-refractivity contribution in [1.82, 2.24) is 5.43 Å². The molecule has 1 atom stereocenters. The number of thiophene rings is 1. The van der Waals surface area contributed by atoms with Crippen LogP contribution in [0.2, 0.25) is 0 Å². The van der Waals surface area contributed by atoms with Crippen molar-refractivity contribution in [2.24, 2.45) is 5.84 Å². The lowest BCUT2D eigenvalue weighted by atomic mass is 10.2. The fourth-order valence-electron chi connectivity index (χ4n) is 0.981. The quantitative estimate of drug-likeness (QED) is 0.505. The maximum absolute atomic E-state index is 5.46. The minimum atomic E-state index is 0.107. The Labute approximate surface area is 104 Å². The van der Waals surface area contributed by atoms with E-state index in [0.29, 0.717) is 0 Å². The number of halogens is 2. The van der Waals surface area contributed by atoms with Crippen LogP contribution in [-0.2, 0) is 0 Å². The first kappa shape index (κ1) is 12.2. The molecule has 1 aromatic heterocycles. The van der Waals surface area contributed by atoms with Crippen molar-refractivity contribution >= 4 is 43.2 Å². The molecular weight excluding hydrogens is 328 g/mol. The molecule has 3 N–H and O–H groups in total. The Kier molecular flexibility index (Phi) is 5.13. The summed E-state index contributed by atoms with van der Waals surface area (Å²) in [6, 6.07) is 2.16. The van der Waals surface area contributed by atoms with Gasteiger partial charge in [0.2, 0.25) is 0 Å². The van der Waals surface area contributed by atoms with Crippen molar-refractivity contribution < 1.29 is 0 Å². The van der Waals surface area contributed by atoms with Gasteiger partial charge in [-0.05, 0) is 44.8 Å². The molecule has 1 aromatic rings. The zero-order valence-electron chi connectivity index (χ0n) is 7.60. The lowest BCUT2D eigenvalue weighted by Crippen LogP contribution is -2.26. The highest BCUT2D eigenvalue weighted by Gasteiger charge is 2.13. The number of nitrogens with one attached hydrogen (secondary N) is 1. The molecule has 1 rings (SSSR count). The molecule has 0 bridgehead atoms. The van der Waals surface area contributed by atoms with Crippen LogP contribution in [0.1, 0.15) is 24.3 Å². The van der Waals surface area contributed by atoms with E-state index in [1.54, 1.807) is 11.3 Å². The zero-order valence-corrected chi connectivity index (χ0v) is 11.6. The molecule has 1 unspecified atom stereocenters. The van der Waals surface area contributed by atoms with E-state index in [4.69, 9.17) is 5.84 Å². The smallest absolute Gasteiger partial charge is 0.0843 e. The van der Waals surface area contributed by atoms with Gasteiger partial charge in [-0.3, -0.25) is 11.3 Å². The third-order valence-electron chi connectivity index (χ3n) is 1.69. The molecule has 2 nitrogen and oxygen atoms in total. The number of nitrogens with two attached hydrogens (primary N) is 1. The van der Waals surface area contributed by atoms with Crippen LogP contribution in [0.25, 0.3) is 0 Å². The average Bonchev–Trinajstić information content (AvgIpc) is 2.48. The second-order valence-corrected chi connectivity index (χ2v) is 5.88. The van der Waals surface area contributed by atoms with Crippen LogP contribution in [-0.4, -0.2) is 0 Å². The Bertz CT molecular complexity index is 345. The number of hydrogen-bond donors (Lipinski definition) is 2. The summed E-state index contributed by atoms with van der Waals surface area (Å²) in [5, 5.41) is 0. The van der Waals surface area contributed by atoms with Gasteiger partial charge in [-0.25, -0.2) is 0 Å². The molecule has 0 saturated carbocycles. The standard InChI is InChI=1S/C9H10Br2N2S/c1-2-3-4-7(13-12)8-5-6(10)9(11)14-8/h5,7,13H,4,12H2,1H3. The first-order valence-corrected chi connectivity index (χ1v) is 6.39. The van der Waals surface area contributed by atoms with Gasteiger partial charge in [0, 0.05) is 15.8 Å². The highest BCUT2D eigenvalue weighted by molar-refractivity contribution is 9.13. The molecule has 1 heterocycles. The molecule has 14 heavy (non-hydrogen) atoms. The molecule has 0 fully saturated rings. The van der Waals surface area contributed by atoms with Crippen LogP contribution in [0.15, 0.2) is 14.3 Å². The monoisotopic (exact) mass is 336 g/mol. The Morgan fingerprint density at radius 2 is 2.36 bits per heavy atom. The summed E-state index contributed by atoms with van der Waals surface area (Å²) >= 11 is 8.55. The van der Waals surface area contributed by atoms with E-state index in [9.17, 15) is 0 Å². The molecule has 0 aromatic carbocycles. The lowest BCUT2D eigenvalue weighted by Gasteiger charge is -2.09. The average molecular weight is 338 g/mol. The van der Waals surface area contributed by atoms with Crippen LogP contribution < -0.4 is 11.3 Å². The van der Waals surface area contributed by atoms with Crippen LogP contribution >= 0.6 is 43.2 Å². The fraction of sp³-hybridized carbons (Fsp3) is 0.333. The highest BCUT2D eigenvalue weighted by atomic mass is 79.9. The maximum atomic E-state index is 5.46. The first-order valence-electron chi connectivity index (χ1n) is 3.99. The second-order valence-electron chi connectivity index (χ2n) is 2.62. The van der Waals surface area contributed by atoms with E-state index in [1.165, 1.54) is 4.88 Å². The molecule has 0 aliphatic heterocycles. The minimum absolute atomic E-state index is 0.107. The van der Waals surface area contributed by atoms with Gasteiger partial charge >= 0.3 is 0 Å². The van der Waals surface area contributed by atoms with Crippen molar-refractivity contribution in [3.63, 3.8) is 0 Å². The van der Waals surface area contributed by atoms with Gasteiger partial charge in [0.05, 0.1) is 9.83 Å². The van der Waals surface area contributed by atoms with Crippen LogP contribution in [0, 0.1) is 11.8 Å². The van der Waals surface area contributed by atoms with E-state index in [-0.39, 0.29) is 6.04 Å². The van der Waals surface area contributed by atoms with Gasteiger partial charge in [-0.2, -0.15) is 0 Å². The number of hydrogen-bond acceptors (Lipinski definition) is 3. The van der Waals surface area contributed by atoms with E-state index >= 15 is 0 Å². The molecule has 5 heteroatoms. The number of hydrazine groups is 1. The Morgan fingerprint density at radius 1 is 1.64 bits per heavy atom. The Hall–Kier alpha value is 0.140. The van der Waals surface area contributed by atoms with Crippen molar-refractivity contribution in [3.05, 3.63) is 19.2 Å². The largest absolute Gasteiger partial charge is 0.271 e. The van der Waals surface area contributed by atoms with Crippen molar-refractivity contribution in [3.8, 4) is 11.8 Å². The van der Waals surface area contributed by atoms with Crippen LogP contribution in [0.4, 0.5) is 0 Å². The third-order valence-corrected chi connectivity index (χ3v) is 5.06. The maximum Gasteiger partial charge on any atom is 0.0843 e. The topological polar surface area (TPSA) is 38.0 Å². The van der Waals surface area contributed by atoms with Gasteiger partial charge in [-0.1, -0.05) is 0 Å². The SMILES string of the molecule is CC#CCC(NN)c1cc(Br)c(Br)s1. The molecule has 0 radical (unpaired) electrons. The normalized spacial score (nSPS) is 12.0. The van der Waals surface area contributed by atoms with Crippen molar-refractivity contribution in [1.29, 1.82) is 0 Å². The Balaban J connectivity index is 2.81. The predicted molar refractivity (Wildman–Crippen MR) is 67.9 cm³/mol.